The second-order valence-electron chi connectivity index (χ2n) is 7.08. The van der Waals surface area contributed by atoms with E-state index in [1.54, 1.807) is 0 Å². The van der Waals surface area contributed by atoms with Crippen molar-refractivity contribution in [1.82, 2.24) is 0 Å². The van der Waals surface area contributed by atoms with Gasteiger partial charge in [-0.3, -0.25) is 19.7 Å². The molecule has 0 unspecified atom stereocenters. The first-order chi connectivity index (χ1) is 13.5. The maximum atomic E-state index is 12.9. The molecule has 4 rings (SSSR count). The maximum Gasteiger partial charge on any atom is 0.292 e. The molecular weight excluding hydrogens is 360 g/mol. The quantitative estimate of drug-likeness (QED) is 0.477. The van der Waals surface area contributed by atoms with Gasteiger partial charge >= 0.3 is 0 Å². The van der Waals surface area contributed by atoms with Crippen LogP contribution in [0.5, 0.6) is 0 Å². The third kappa shape index (κ3) is 3.34. The Morgan fingerprint density at radius 2 is 1.57 bits per heavy atom. The fraction of sp³-hybridized carbons (Fsp3) is 0.300. The molecule has 2 aliphatic heterocycles. The molecule has 8 heteroatoms. The van der Waals surface area contributed by atoms with E-state index in [2.05, 4.69) is 17.0 Å². The van der Waals surface area contributed by atoms with Crippen molar-refractivity contribution in [1.29, 1.82) is 0 Å². The lowest BCUT2D eigenvalue weighted by Crippen LogP contribution is -3.19. The van der Waals surface area contributed by atoms with E-state index in [0.29, 0.717) is 5.69 Å². The van der Waals surface area contributed by atoms with Crippen molar-refractivity contribution in [3.05, 3.63) is 64.7 Å². The summed E-state index contributed by atoms with van der Waals surface area (Å²) in [5.74, 6) is -0.469. The molecule has 0 saturated carbocycles. The van der Waals surface area contributed by atoms with Crippen molar-refractivity contribution in [2.24, 2.45) is 0 Å². The van der Waals surface area contributed by atoms with Crippen LogP contribution in [0.15, 0.2) is 54.6 Å². The molecular formula is C20H21N4O4+. The van der Waals surface area contributed by atoms with Crippen LogP contribution in [-0.4, -0.2) is 49.0 Å². The predicted molar refractivity (Wildman–Crippen MR) is 103 cm³/mol. The van der Waals surface area contributed by atoms with Gasteiger partial charge in [-0.05, 0) is 24.3 Å². The highest BCUT2D eigenvalue weighted by Crippen LogP contribution is 2.24. The molecule has 0 aliphatic carbocycles. The molecule has 2 aliphatic rings. The van der Waals surface area contributed by atoms with Crippen LogP contribution in [0.1, 0.15) is 6.42 Å². The molecule has 1 N–H and O–H groups in total. The van der Waals surface area contributed by atoms with Gasteiger partial charge < -0.3 is 9.80 Å². The molecule has 144 valence electrons. The lowest BCUT2D eigenvalue weighted by molar-refractivity contribution is -0.915. The zero-order valence-electron chi connectivity index (χ0n) is 15.3. The standard InChI is InChI=1S/C20H20N4O4/c25-19-14-18(20(26)23(19)16-6-8-17(9-7-16)24(27)28)22-12-10-21(11-13-22)15-4-2-1-3-5-15/h1-9,18H,10-14H2/p+1/t18-/m0/s1. The van der Waals surface area contributed by atoms with E-state index >= 15 is 0 Å². The van der Waals surface area contributed by atoms with E-state index in [9.17, 15) is 19.7 Å². The molecule has 28 heavy (non-hydrogen) atoms. The first kappa shape index (κ1) is 18.1. The third-order valence-corrected chi connectivity index (χ3v) is 5.49. The SMILES string of the molecule is O=C1C[C@H]([NH+]2CCN(c3ccccc3)CC2)C(=O)N1c1ccc([N+](=O)[O-])cc1. The van der Waals surface area contributed by atoms with Crippen LogP contribution in [0.3, 0.4) is 0 Å². The molecule has 2 aromatic carbocycles. The topological polar surface area (TPSA) is 88.2 Å². The predicted octanol–water partition coefficient (Wildman–Crippen LogP) is 0.632. The lowest BCUT2D eigenvalue weighted by Gasteiger charge is -2.35. The van der Waals surface area contributed by atoms with Crippen molar-refractivity contribution < 1.29 is 19.4 Å². The summed E-state index contributed by atoms with van der Waals surface area (Å²) in [5, 5.41) is 10.8. The molecule has 0 radical (unpaired) electrons. The van der Waals surface area contributed by atoms with Gasteiger partial charge in [-0.1, -0.05) is 18.2 Å². The van der Waals surface area contributed by atoms with Crippen LogP contribution in [0.2, 0.25) is 0 Å². The van der Waals surface area contributed by atoms with Crippen LogP contribution in [0.25, 0.3) is 0 Å². The molecule has 2 fully saturated rings. The number of piperazine rings is 1. The maximum absolute atomic E-state index is 12.9. The smallest absolute Gasteiger partial charge is 0.292 e. The summed E-state index contributed by atoms with van der Waals surface area (Å²) in [5.41, 5.74) is 1.50. The zero-order chi connectivity index (χ0) is 19.7. The second kappa shape index (κ2) is 7.40. The van der Waals surface area contributed by atoms with Crippen LogP contribution >= 0.6 is 0 Å². The fourth-order valence-electron chi connectivity index (χ4n) is 3.98. The van der Waals surface area contributed by atoms with Crippen molar-refractivity contribution in [2.75, 3.05) is 36.0 Å². The van der Waals surface area contributed by atoms with E-state index in [1.165, 1.54) is 34.9 Å². The first-order valence-corrected chi connectivity index (χ1v) is 9.30. The number of quaternary nitrogens is 1. The highest BCUT2D eigenvalue weighted by Gasteiger charge is 2.46. The van der Waals surface area contributed by atoms with Gasteiger partial charge in [0.15, 0.2) is 6.04 Å². The van der Waals surface area contributed by atoms with Gasteiger partial charge in [0.2, 0.25) is 5.91 Å². The molecule has 0 aromatic heterocycles. The van der Waals surface area contributed by atoms with E-state index in [1.807, 2.05) is 18.2 Å². The van der Waals surface area contributed by atoms with Gasteiger partial charge in [0, 0.05) is 17.8 Å². The van der Waals surface area contributed by atoms with E-state index in [4.69, 9.17) is 0 Å². The Balaban J connectivity index is 1.44. The summed E-state index contributed by atoms with van der Waals surface area (Å²) < 4.78 is 0. The van der Waals surface area contributed by atoms with Gasteiger partial charge in [0.25, 0.3) is 11.6 Å². The van der Waals surface area contributed by atoms with E-state index in [0.717, 1.165) is 31.1 Å². The van der Waals surface area contributed by atoms with E-state index < -0.39 is 4.92 Å². The number of carbonyl (C=O) groups excluding carboxylic acids is 2. The monoisotopic (exact) mass is 381 g/mol. The minimum atomic E-state index is -0.503. The minimum absolute atomic E-state index is 0.0675. The van der Waals surface area contributed by atoms with Crippen LogP contribution in [0.4, 0.5) is 17.1 Å². The molecule has 8 nitrogen and oxygen atoms in total. The Labute approximate surface area is 162 Å². The Kier molecular flexibility index (Phi) is 4.79. The minimum Gasteiger partial charge on any atom is -0.360 e. The molecule has 0 spiro atoms. The van der Waals surface area contributed by atoms with Crippen LogP contribution in [-0.2, 0) is 9.59 Å². The number of nitro groups is 1. The Morgan fingerprint density at radius 3 is 2.18 bits per heavy atom. The van der Waals surface area contributed by atoms with Gasteiger partial charge in [0.05, 0.1) is 43.2 Å². The Bertz CT molecular complexity index is 892. The average Bonchev–Trinajstić information content (AvgIpc) is 3.03. The molecule has 2 aromatic rings. The largest absolute Gasteiger partial charge is 0.360 e. The number of amides is 2. The van der Waals surface area contributed by atoms with Gasteiger partial charge in [-0.25, -0.2) is 4.90 Å². The normalized spacial score (nSPS) is 20.6. The zero-order valence-corrected chi connectivity index (χ0v) is 15.3. The highest BCUT2D eigenvalue weighted by atomic mass is 16.6. The number of rotatable bonds is 4. The number of nitrogens with zero attached hydrogens (tertiary/aromatic N) is 3. The summed E-state index contributed by atoms with van der Waals surface area (Å²) in [4.78, 5) is 40.3. The fourth-order valence-corrected chi connectivity index (χ4v) is 3.98. The molecule has 2 amide bonds. The molecule has 1 atom stereocenters. The van der Waals surface area contributed by atoms with Gasteiger partial charge in [0.1, 0.15) is 0 Å². The average molecular weight is 381 g/mol. The summed E-state index contributed by atoms with van der Waals surface area (Å²) in [6.07, 6.45) is 0.177. The number of hydrogen-bond donors (Lipinski definition) is 1. The Morgan fingerprint density at radius 1 is 0.929 bits per heavy atom. The van der Waals surface area contributed by atoms with Crippen molar-refractivity contribution in [3.63, 3.8) is 0 Å². The lowest BCUT2D eigenvalue weighted by atomic mass is 10.1. The van der Waals surface area contributed by atoms with Crippen molar-refractivity contribution in [3.8, 4) is 0 Å². The molecule has 2 saturated heterocycles. The number of carbonyl (C=O) groups is 2. The number of para-hydroxylation sites is 1. The van der Waals surface area contributed by atoms with Gasteiger partial charge in [-0.15, -0.1) is 0 Å². The third-order valence-electron chi connectivity index (χ3n) is 5.49. The Hall–Kier alpha value is -3.26. The number of nitro benzene ring substituents is 1. The number of anilines is 2. The van der Waals surface area contributed by atoms with E-state index in [-0.39, 0.29) is 30.0 Å². The first-order valence-electron chi connectivity index (χ1n) is 9.30. The van der Waals surface area contributed by atoms with Crippen molar-refractivity contribution >= 4 is 28.9 Å². The number of nitrogens with one attached hydrogen (secondary N) is 1. The van der Waals surface area contributed by atoms with Crippen LogP contribution in [0, 0.1) is 10.1 Å². The molecule has 2 heterocycles. The number of imide groups is 1. The summed E-state index contributed by atoms with van der Waals surface area (Å²) >= 11 is 0. The number of hydrogen-bond acceptors (Lipinski definition) is 5. The summed E-state index contributed by atoms with van der Waals surface area (Å²) in [6, 6.07) is 15.3. The molecule has 0 bridgehead atoms. The van der Waals surface area contributed by atoms with Gasteiger partial charge in [-0.2, -0.15) is 0 Å². The van der Waals surface area contributed by atoms with Crippen molar-refractivity contribution in [2.45, 2.75) is 12.5 Å². The van der Waals surface area contributed by atoms with Crippen LogP contribution < -0.4 is 14.7 Å². The summed E-state index contributed by atoms with van der Waals surface area (Å²) in [7, 11) is 0. The number of benzene rings is 2. The number of non-ortho nitro benzene ring substituents is 1. The second-order valence-corrected chi connectivity index (χ2v) is 7.08. The summed E-state index contributed by atoms with van der Waals surface area (Å²) in [6.45, 7) is 3.23. The highest BCUT2D eigenvalue weighted by molar-refractivity contribution is 6.21.